The summed E-state index contributed by atoms with van der Waals surface area (Å²) >= 11 is 0. The summed E-state index contributed by atoms with van der Waals surface area (Å²) in [5, 5.41) is 39.1. The Bertz CT molecular complexity index is 1490. The number of rotatable bonds is 6. The zero-order valence-electron chi connectivity index (χ0n) is 19.0. The molecule has 0 unspecified atom stereocenters. The second-order valence-electron chi connectivity index (χ2n) is 7.80. The van der Waals surface area contributed by atoms with Crippen molar-refractivity contribution in [2.45, 2.75) is 20.3 Å². The van der Waals surface area contributed by atoms with Gasteiger partial charge < -0.3 is 19.4 Å². The summed E-state index contributed by atoms with van der Waals surface area (Å²) in [7, 11) is 0. The molecule has 35 heavy (non-hydrogen) atoms. The van der Waals surface area contributed by atoms with Crippen LogP contribution in [0.1, 0.15) is 29.4 Å². The lowest BCUT2D eigenvalue weighted by Crippen LogP contribution is -2.00. The molecule has 8 heteroatoms. The molecule has 0 aliphatic rings. The van der Waals surface area contributed by atoms with Gasteiger partial charge in [0.15, 0.2) is 5.76 Å². The topological polar surface area (TPSA) is 128 Å². The molecule has 3 aromatic carbocycles. The molecule has 2 N–H and O–H groups in total. The standard InChI is InChI=1S/C27H21N3O5/c1-16-11-24(33)20(13-23(16)32)12-18-7-3-5-9-21(18)29-30-22(15-28)27(34-17(2)31)26-14-19-8-4-6-10-25(19)35-26/h3-11,13-14,32-33H,12H2,1-2H3. The number of aryl methyl sites for hydroxylation is 1. The van der Waals surface area contributed by atoms with E-state index in [4.69, 9.17) is 9.15 Å². The Morgan fingerprint density at radius 2 is 1.77 bits per heavy atom. The van der Waals surface area contributed by atoms with Crippen LogP contribution in [0.5, 0.6) is 11.5 Å². The summed E-state index contributed by atoms with van der Waals surface area (Å²) in [6.07, 6.45) is 0.265. The first kappa shape index (κ1) is 23.3. The fourth-order valence-electron chi connectivity index (χ4n) is 3.50. The number of fused-ring (bicyclic) bond motifs is 1. The molecule has 8 nitrogen and oxygen atoms in total. The molecule has 0 spiro atoms. The molecule has 1 heterocycles. The minimum Gasteiger partial charge on any atom is -0.508 e. The Morgan fingerprint density at radius 1 is 1.03 bits per heavy atom. The number of para-hydroxylation sites is 1. The Labute approximate surface area is 201 Å². The van der Waals surface area contributed by atoms with E-state index in [1.54, 1.807) is 49.4 Å². The van der Waals surface area contributed by atoms with Gasteiger partial charge in [0.05, 0.1) is 5.69 Å². The van der Waals surface area contributed by atoms with Crippen molar-refractivity contribution in [2.75, 3.05) is 0 Å². The van der Waals surface area contributed by atoms with Gasteiger partial charge in [0.25, 0.3) is 0 Å². The lowest BCUT2D eigenvalue weighted by molar-refractivity contribution is -0.134. The average Bonchev–Trinajstić information content (AvgIpc) is 3.27. The number of carbonyl (C=O) groups excluding carboxylic acids is 1. The molecular formula is C27H21N3O5. The quantitative estimate of drug-likeness (QED) is 0.113. The number of hydrogen-bond donors (Lipinski definition) is 2. The third-order valence-electron chi connectivity index (χ3n) is 5.24. The number of allylic oxidation sites excluding steroid dienone is 1. The highest BCUT2D eigenvalue weighted by Gasteiger charge is 2.19. The van der Waals surface area contributed by atoms with Crippen molar-refractivity contribution in [1.29, 1.82) is 5.26 Å². The molecule has 4 aromatic rings. The summed E-state index contributed by atoms with van der Waals surface area (Å²) in [5.74, 6) is -0.489. The van der Waals surface area contributed by atoms with Crippen LogP contribution < -0.4 is 0 Å². The molecule has 174 valence electrons. The molecule has 0 saturated heterocycles. The first-order valence-corrected chi connectivity index (χ1v) is 10.7. The molecular weight excluding hydrogens is 446 g/mol. The van der Waals surface area contributed by atoms with Crippen LogP contribution in [-0.4, -0.2) is 16.2 Å². The monoisotopic (exact) mass is 467 g/mol. The van der Waals surface area contributed by atoms with Gasteiger partial charge in [0.2, 0.25) is 11.5 Å². The van der Waals surface area contributed by atoms with Gasteiger partial charge in [0.1, 0.15) is 23.2 Å². The fraction of sp³-hybridized carbons (Fsp3) is 0.111. The van der Waals surface area contributed by atoms with Crippen LogP contribution in [0.15, 0.2) is 87.1 Å². The smallest absolute Gasteiger partial charge is 0.308 e. The highest BCUT2D eigenvalue weighted by molar-refractivity contribution is 5.84. The van der Waals surface area contributed by atoms with Gasteiger partial charge in [0, 0.05) is 24.3 Å². The second kappa shape index (κ2) is 9.93. The third-order valence-corrected chi connectivity index (χ3v) is 5.24. The molecule has 0 bridgehead atoms. The number of nitriles is 1. The average molecular weight is 467 g/mol. The van der Waals surface area contributed by atoms with Gasteiger partial charge in [-0.3, -0.25) is 4.79 Å². The molecule has 0 amide bonds. The summed E-state index contributed by atoms with van der Waals surface area (Å²) < 4.78 is 11.0. The van der Waals surface area contributed by atoms with Gasteiger partial charge in [-0.2, -0.15) is 5.26 Å². The van der Waals surface area contributed by atoms with Crippen molar-refractivity contribution >= 4 is 28.4 Å². The first-order chi connectivity index (χ1) is 16.9. The molecule has 0 atom stereocenters. The van der Waals surface area contributed by atoms with Crippen LogP contribution in [0.2, 0.25) is 0 Å². The molecule has 1 aromatic heterocycles. The van der Waals surface area contributed by atoms with Crippen molar-refractivity contribution in [3.8, 4) is 17.6 Å². The van der Waals surface area contributed by atoms with Gasteiger partial charge in [-0.05, 0) is 48.4 Å². The van der Waals surface area contributed by atoms with E-state index in [9.17, 15) is 20.3 Å². The Balaban J connectivity index is 1.73. The number of ether oxygens (including phenoxy) is 1. The van der Waals surface area contributed by atoms with Crippen LogP contribution in [0, 0.1) is 18.3 Å². The molecule has 0 saturated carbocycles. The van der Waals surface area contributed by atoms with E-state index in [2.05, 4.69) is 10.2 Å². The molecule has 0 aliphatic carbocycles. The van der Waals surface area contributed by atoms with Crippen molar-refractivity contribution in [1.82, 2.24) is 0 Å². The van der Waals surface area contributed by atoms with E-state index in [0.717, 1.165) is 5.39 Å². The summed E-state index contributed by atoms with van der Waals surface area (Å²) in [5.41, 5.74) is 2.52. The van der Waals surface area contributed by atoms with Crippen molar-refractivity contribution in [2.24, 2.45) is 10.2 Å². The predicted molar refractivity (Wildman–Crippen MR) is 129 cm³/mol. The lowest BCUT2D eigenvalue weighted by Gasteiger charge is -2.09. The Morgan fingerprint density at radius 3 is 2.51 bits per heavy atom. The number of phenols is 2. The maximum Gasteiger partial charge on any atom is 0.308 e. The number of phenolic OH excluding ortho intramolecular Hbond substituents is 2. The summed E-state index contributed by atoms with van der Waals surface area (Å²) in [6.45, 7) is 2.91. The maximum atomic E-state index is 11.8. The summed E-state index contributed by atoms with van der Waals surface area (Å²) in [4.78, 5) is 11.8. The number of esters is 1. The van der Waals surface area contributed by atoms with Gasteiger partial charge >= 0.3 is 5.97 Å². The first-order valence-electron chi connectivity index (χ1n) is 10.7. The van der Waals surface area contributed by atoms with E-state index in [1.807, 2.05) is 18.2 Å². The number of carbonyl (C=O) groups is 1. The van der Waals surface area contributed by atoms with Crippen LogP contribution in [0.3, 0.4) is 0 Å². The van der Waals surface area contributed by atoms with Gasteiger partial charge in [-0.25, -0.2) is 0 Å². The highest BCUT2D eigenvalue weighted by atomic mass is 16.5. The minimum absolute atomic E-state index is 0.0479. The predicted octanol–water partition coefficient (Wildman–Crippen LogP) is 6.28. The van der Waals surface area contributed by atoms with Gasteiger partial charge in [-0.15, -0.1) is 10.2 Å². The van der Waals surface area contributed by atoms with Crippen LogP contribution in [0.4, 0.5) is 5.69 Å². The van der Waals surface area contributed by atoms with E-state index >= 15 is 0 Å². The van der Waals surface area contributed by atoms with Crippen LogP contribution >= 0.6 is 0 Å². The van der Waals surface area contributed by atoms with Gasteiger partial charge in [-0.1, -0.05) is 36.4 Å². The lowest BCUT2D eigenvalue weighted by atomic mass is 10.0. The van der Waals surface area contributed by atoms with Crippen molar-refractivity contribution in [3.05, 3.63) is 94.9 Å². The van der Waals surface area contributed by atoms with E-state index in [1.165, 1.54) is 19.1 Å². The maximum absolute atomic E-state index is 11.8. The zero-order chi connectivity index (χ0) is 24.9. The second-order valence-corrected chi connectivity index (χ2v) is 7.80. The van der Waals surface area contributed by atoms with E-state index in [-0.39, 0.29) is 35.1 Å². The SMILES string of the molecule is CC(=O)OC(=C(C#N)N=Nc1ccccc1Cc1cc(O)c(C)cc1O)c1cc2ccccc2o1. The van der Waals surface area contributed by atoms with Crippen LogP contribution in [-0.2, 0) is 16.0 Å². The van der Waals surface area contributed by atoms with Crippen molar-refractivity contribution in [3.63, 3.8) is 0 Å². The largest absolute Gasteiger partial charge is 0.508 e. The number of aromatic hydroxyl groups is 2. The van der Waals surface area contributed by atoms with E-state index in [0.29, 0.717) is 28.0 Å². The minimum atomic E-state index is -0.640. The summed E-state index contributed by atoms with van der Waals surface area (Å²) in [6, 6.07) is 20.9. The number of azo groups is 1. The molecule has 4 rings (SSSR count). The Kier molecular flexibility index (Phi) is 6.60. The zero-order valence-corrected chi connectivity index (χ0v) is 19.0. The molecule has 0 fully saturated rings. The molecule has 0 aliphatic heterocycles. The van der Waals surface area contributed by atoms with E-state index < -0.39 is 5.97 Å². The van der Waals surface area contributed by atoms with Crippen molar-refractivity contribution < 1.29 is 24.2 Å². The van der Waals surface area contributed by atoms with Crippen LogP contribution in [0.25, 0.3) is 16.7 Å². The number of furan rings is 1. The number of nitrogens with zero attached hydrogens (tertiary/aromatic N) is 3. The normalized spacial score (nSPS) is 11.9. The third kappa shape index (κ3) is 5.20. The number of benzene rings is 3. The fourth-order valence-corrected chi connectivity index (χ4v) is 3.50. The number of hydrogen-bond acceptors (Lipinski definition) is 8. The highest BCUT2D eigenvalue weighted by Crippen LogP contribution is 2.32. The Hall–Kier alpha value is -4.90. The molecule has 0 radical (unpaired) electrons.